The Balaban J connectivity index is 1.95. The van der Waals surface area contributed by atoms with E-state index in [1.54, 1.807) is 18.3 Å². The minimum atomic E-state index is 0.257. The number of carbonyl (C=O) groups is 1. The number of hydrogen-bond donors (Lipinski definition) is 0. The lowest BCUT2D eigenvalue weighted by molar-refractivity contribution is -0.122. The van der Waals surface area contributed by atoms with E-state index >= 15 is 0 Å². The Morgan fingerprint density at radius 1 is 1.69 bits per heavy atom. The quantitative estimate of drug-likeness (QED) is 0.854. The number of Topliss-reactive ketones (excluding diaryl/α,β-unsaturated/α-hetero) is 1. The van der Waals surface area contributed by atoms with Gasteiger partial charge in [-0.1, -0.05) is 0 Å². The molecule has 1 aliphatic rings. The molecule has 0 aliphatic carbocycles. The van der Waals surface area contributed by atoms with E-state index in [4.69, 9.17) is 0 Å². The molecule has 88 valence electrons. The summed E-state index contributed by atoms with van der Waals surface area (Å²) < 4.78 is 1.20. The molecular formula is C12H16BrNOS. The highest BCUT2D eigenvalue weighted by atomic mass is 79.9. The van der Waals surface area contributed by atoms with Crippen LogP contribution < -0.4 is 0 Å². The van der Waals surface area contributed by atoms with E-state index in [9.17, 15) is 4.79 Å². The Labute approximate surface area is 109 Å². The smallest absolute Gasteiger partial charge is 0.134 e. The van der Waals surface area contributed by atoms with E-state index in [0.717, 1.165) is 32.5 Å². The molecule has 1 saturated heterocycles. The van der Waals surface area contributed by atoms with Gasteiger partial charge in [0.2, 0.25) is 0 Å². The summed E-state index contributed by atoms with van der Waals surface area (Å²) in [6, 6.07) is 2.09. The standard InChI is InChI=1S/C12H16BrNOS/c1-9(15)10-3-2-5-14(7-10)8-12-11(13)4-6-16-12/h4,6,10H,2-3,5,7-8H2,1H3. The Morgan fingerprint density at radius 3 is 3.12 bits per heavy atom. The summed E-state index contributed by atoms with van der Waals surface area (Å²) in [4.78, 5) is 15.1. The third-order valence-corrected chi connectivity index (χ3v) is 5.05. The SMILES string of the molecule is CC(=O)C1CCCN(Cc2sccc2Br)C1. The van der Waals surface area contributed by atoms with Gasteiger partial charge in [-0.2, -0.15) is 0 Å². The van der Waals surface area contributed by atoms with Crippen LogP contribution in [0.1, 0.15) is 24.6 Å². The first-order chi connectivity index (χ1) is 7.66. The molecule has 1 atom stereocenters. The first kappa shape index (κ1) is 12.3. The van der Waals surface area contributed by atoms with Crippen molar-refractivity contribution in [1.29, 1.82) is 0 Å². The topological polar surface area (TPSA) is 20.3 Å². The van der Waals surface area contributed by atoms with Crippen LogP contribution in [-0.4, -0.2) is 23.8 Å². The number of ketones is 1. The fraction of sp³-hybridized carbons (Fsp3) is 0.583. The van der Waals surface area contributed by atoms with Crippen LogP contribution in [0, 0.1) is 5.92 Å². The average Bonchev–Trinajstić information content (AvgIpc) is 2.65. The van der Waals surface area contributed by atoms with Crippen LogP contribution in [-0.2, 0) is 11.3 Å². The van der Waals surface area contributed by atoms with Crippen LogP contribution in [0.3, 0.4) is 0 Å². The second-order valence-corrected chi connectivity index (χ2v) is 6.23. The summed E-state index contributed by atoms with van der Waals surface area (Å²) >= 11 is 5.33. The molecule has 0 amide bonds. The molecule has 0 spiro atoms. The van der Waals surface area contributed by atoms with Gasteiger partial charge in [0.05, 0.1) is 0 Å². The van der Waals surface area contributed by atoms with Crippen molar-refractivity contribution in [3.8, 4) is 0 Å². The maximum Gasteiger partial charge on any atom is 0.134 e. The molecule has 0 radical (unpaired) electrons. The lowest BCUT2D eigenvalue weighted by atomic mass is 9.94. The lowest BCUT2D eigenvalue weighted by Crippen LogP contribution is -2.37. The fourth-order valence-corrected chi connectivity index (χ4v) is 3.69. The number of hydrogen-bond acceptors (Lipinski definition) is 3. The minimum absolute atomic E-state index is 0.257. The van der Waals surface area contributed by atoms with Crippen molar-refractivity contribution in [3.05, 3.63) is 20.8 Å². The second kappa shape index (κ2) is 5.43. The molecule has 1 aliphatic heterocycles. The van der Waals surface area contributed by atoms with Crippen LogP contribution in [0.15, 0.2) is 15.9 Å². The molecule has 1 aromatic rings. The van der Waals surface area contributed by atoms with Gasteiger partial charge in [-0.15, -0.1) is 11.3 Å². The summed E-state index contributed by atoms with van der Waals surface area (Å²) in [5, 5.41) is 2.10. The largest absolute Gasteiger partial charge is 0.300 e. The van der Waals surface area contributed by atoms with Crippen LogP contribution in [0.2, 0.25) is 0 Å². The minimum Gasteiger partial charge on any atom is -0.300 e. The third kappa shape index (κ3) is 2.93. The molecule has 0 N–H and O–H groups in total. The monoisotopic (exact) mass is 301 g/mol. The van der Waals surface area contributed by atoms with E-state index in [2.05, 4.69) is 32.3 Å². The number of halogens is 1. The van der Waals surface area contributed by atoms with Crippen molar-refractivity contribution >= 4 is 33.0 Å². The van der Waals surface area contributed by atoms with E-state index in [0.29, 0.717) is 5.78 Å². The van der Waals surface area contributed by atoms with Gasteiger partial charge in [0.1, 0.15) is 5.78 Å². The van der Waals surface area contributed by atoms with E-state index in [1.807, 2.05) is 0 Å². The molecule has 1 aromatic heterocycles. The second-order valence-electron chi connectivity index (χ2n) is 4.38. The van der Waals surface area contributed by atoms with Gasteiger partial charge in [0.15, 0.2) is 0 Å². The zero-order valence-electron chi connectivity index (χ0n) is 9.41. The Bertz CT molecular complexity index is 377. The van der Waals surface area contributed by atoms with Crippen LogP contribution in [0.4, 0.5) is 0 Å². The zero-order chi connectivity index (χ0) is 11.5. The summed E-state index contributed by atoms with van der Waals surface area (Å²) in [6.45, 7) is 4.74. The number of carbonyl (C=O) groups excluding carboxylic acids is 1. The van der Waals surface area contributed by atoms with Crippen LogP contribution >= 0.6 is 27.3 Å². The molecule has 0 aromatic carbocycles. The molecule has 4 heteroatoms. The molecule has 1 unspecified atom stereocenters. The Morgan fingerprint density at radius 2 is 2.50 bits per heavy atom. The van der Waals surface area contributed by atoms with E-state index in [-0.39, 0.29) is 5.92 Å². The fourth-order valence-electron chi connectivity index (χ4n) is 2.17. The number of thiophene rings is 1. The Hall–Kier alpha value is -0.190. The zero-order valence-corrected chi connectivity index (χ0v) is 11.8. The first-order valence-electron chi connectivity index (χ1n) is 5.61. The van der Waals surface area contributed by atoms with Crippen molar-refractivity contribution in [2.75, 3.05) is 13.1 Å². The molecule has 2 nitrogen and oxygen atoms in total. The van der Waals surface area contributed by atoms with Gasteiger partial charge in [-0.3, -0.25) is 9.69 Å². The predicted molar refractivity (Wildman–Crippen MR) is 70.7 cm³/mol. The highest BCUT2D eigenvalue weighted by molar-refractivity contribution is 9.10. The van der Waals surface area contributed by atoms with Crippen molar-refractivity contribution in [2.24, 2.45) is 5.92 Å². The van der Waals surface area contributed by atoms with Crippen molar-refractivity contribution < 1.29 is 4.79 Å². The summed E-state index contributed by atoms with van der Waals surface area (Å²) in [5.41, 5.74) is 0. The normalized spacial score (nSPS) is 22.2. The number of likely N-dealkylation sites (tertiary alicyclic amines) is 1. The molecule has 1 fully saturated rings. The van der Waals surface area contributed by atoms with Crippen LogP contribution in [0.5, 0.6) is 0 Å². The molecular weight excluding hydrogens is 286 g/mol. The molecule has 16 heavy (non-hydrogen) atoms. The number of nitrogens with zero attached hydrogens (tertiary/aromatic N) is 1. The number of piperidine rings is 1. The van der Waals surface area contributed by atoms with Gasteiger partial charge in [0.25, 0.3) is 0 Å². The summed E-state index contributed by atoms with van der Waals surface area (Å²) in [5.74, 6) is 0.599. The molecule has 0 saturated carbocycles. The maximum absolute atomic E-state index is 11.4. The van der Waals surface area contributed by atoms with Crippen molar-refractivity contribution in [3.63, 3.8) is 0 Å². The highest BCUT2D eigenvalue weighted by Crippen LogP contribution is 2.26. The van der Waals surface area contributed by atoms with E-state index in [1.165, 1.54) is 9.35 Å². The van der Waals surface area contributed by atoms with Gasteiger partial charge in [0, 0.05) is 28.4 Å². The Kier molecular flexibility index (Phi) is 4.16. The molecule has 2 heterocycles. The van der Waals surface area contributed by atoms with Crippen LogP contribution in [0.25, 0.3) is 0 Å². The summed E-state index contributed by atoms with van der Waals surface area (Å²) in [7, 11) is 0. The first-order valence-corrected chi connectivity index (χ1v) is 7.29. The van der Waals surface area contributed by atoms with Gasteiger partial charge in [-0.05, 0) is 53.7 Å². The lowest BCUT2D eigenvalue weighted by Gasteiger charge is -2.31. The maximum atomic E-state index is 11.4. The summed E-state index contributed by atoms with van der Waals surface area (Å²) in [6.07, 6.45) is 2.21. The predicted octanol–water partition coefficient (Wildman–Crippen LogP) is 3.31. The molecule has 0 bridgehead atoms. The third-order valence-electron chi connectivity index (χ3n) is 3.14. The highest BCUT2D eigenvalue weighted by Gasteiger charge is 2.23. The molecule has 2 rings (SSSR count). The number of rotatable bonds is 3. The van der Waals surface area contributed by atoms with E-state index < -0.39 is 0 Å². The van der Waals surface area contributed by atoms with Gasteiger partial charge < -0.3 is 0 Å². The van der Waals surface area contributed by atoms with Gasteiger partial charge >= 0.3 is 0 Å². The van der Waals surface area contributed by atoms with Crippen molar-refractivity contribution in [1.82, 2.24) is 4.90 Å². The average molecular weight is 302 g/mol. The van der Waals surface area contributed by atoms with Gasteiger partial charge in [-0.25, -0.2) is 0 Å². The van der Waals surface area contributed by atoms with Crippen molar-refractivity contribution in [2.45, 2.75) is 26.3 Å².